The quantitative estimate of drug-likeness (QED) is 0.777. The summed E-state index contributed by atoms with van der Waals surface area (Å²) in [6, 6.07) is 2.06. The molecule has 2 nitrogen and oxygen atoms in total. The molecule has 0 saturated carbocycles. The molecule has 1 rings (SSSR count). The lowest BCUT2D eigenvalue weighted by Gasteiger charge is -2.07. The molecule has 0 heterocycles. The molecule has 0 bridgehead atoms. The first-order valence-corrected chi connectivity index (χ1v) is 4.59. The number of halogens is 4. The van der Waals surface area contributed by atoms with Crippen LogP contribution in [-0.2, 0) is 4.79 Å². The van der Waals surface area contributed by atoms with Crippen molar-refractivity contribution in [3.05, 3.63) is 28.0 Å². The molecule has 0 saturated heterocycles. The monoisotopic (exact) mass is 256 g/mol. The van der Waals surface area contributed by atoms with Crippen molar-refractivity contribution >= 4 is 40.0 Å². The normalized spacial score (nSPS) is 10.0. The molecule has 0 N–H and O–H groups in total. The fourth-order valence-corrected chi connectivity index (χ4v) is 1.42. The van der Waals surface area contributed by atoms with Gasteiger partial charge >= 0.3 is 0 Å². The zero-order chi connectivity index (χ0) is 10.7. The summed E-state index contributed by atoms with van der Waals surface area (Å²) < 4.78 is 17.6. The molecule has 0 aliphatic heterocycles. The van der Waals surface area contributed by atoms with Crippen molar-refractivity contribution in [2.45, 2.75) is 0 Å². The SMILES string of the molecule is O=C(Cl)COc1c(Cl)cc(F)cc1Cl. The summed E-state index contributed by atoms with van der Waals surface area (Å²) in [6.07, 6.45) is 0. The summed E-state index contributed by atoms with van der Waals surface area (Å²) in [5.74, 6) is -0.534. The number of carbonyl (C=O) groups excluding carboxylic acids is 1. The molecule has 0 unspecified atom stereocenters. The summed E-state index contributed by atoms with van der Waals surface area (Å²) in [5, 5.41) is -0.706. The van der Waals surface area contributed by atoms with Gasteiger partial charge in [0.1, 0.15) is 5.82 Å². The third-order valence-electron chi connectivity index (χ3n) is 1.29. The van der Waals surface area contributed by atoms with Crippen LogP contribution in [0.5, 0.6) is 5.75 Å². The van der Waals surface area contributed by atoms with Gasteiger partial charge in [0.05, 0.1) is 10.0 Å². The number of carbonyl (C=O) groups is 1. The van der Waals surface area contributed by atoms with E-state index >= 15 is 0 Å². The van der Waals surface area contributed by atoms with Crippen molar-refractivity contribution in [3.63, 3.8) is 0 Å². The highest BCUT2D eigenvalue weighted by Crippen LogP contribution is 2.33. The van der Waals surface area contributed by atoms with Crippen LogP contribution in [-0.4, -0.2) is 11.8 Å². The van der Waals surface area contributed by atoms with Gasteiger partial charge in [0.25, 0.3) is 5.24 Å². The second kappa shape index (κ2) is 4.82. The predicted molar refractivity (Wildman–Crippen MR) is 52.8 cm³/mol. The van der Waals surface area contributed by atoms with Gasteiger partial charge in [-0.15, -0.1) is 0 Å². The molecule has 0 fully saturated rings. The molecular weight excluding hydrogens is 253 g/mol. The zero-order valence-corrected chi connectivity index (χ0v) is 8.96. The van der Waals surface area contributed by atoms with Crippen molar-refractivity contribution in [2.75, 3.05) is 6.61 Å². The Hall–Kier alpha value is -0.510. The molecule has 76 valence electrons. The molecule has 0 aliphatic carbocycles. The fourth-order valence-electron chi connectivity index (χ4n) is 0.796. The van der Waals surface area contributed by atoms with Gasteiger partial charge in [0.15, 0.2) is 12.4 Å². The molecule has 0 radical (unpaired) electrons. The highest BCUT2D eigenvalue weighted by Gasteiger charge is 2.10. The summed E-state index contributed by atoms with van der Waals surface area (Å²) >= 11 is 16.3. The molecule has 0 aliphatic rings. The first-order valence-electron chi connectivity index (χ1n) is 3.46. The first-order chi connectivity index (χ1) is 6.50. The van der Waals surface area contributed by atoms with Crippen LogP contribution in [0, 0.1) is 5.82 Å². The second-order valence-corrected chi connectivity index (χ2v) is 3.58. The Bertz CT molecular complexity index is 345. The topological polar surface area (TPSA) is 26.3 Å². The number of rotatable bonds is 3. The minimum absolute atomic E-state index is 0.00656. The van der Waals surface area contributed by atoms with E-state index in [2.05, 4.69) is 0 Å². The minimum atomic E-state index is -0.693. The Labute approximate surface area is 94.5 Å². The minimum Gasteiger partial charge on any atom is -0.481 e. The molecule has 1 aromatic carbocycles. The van der Waals surface area contributed by atoms with E-state index in [1.807, 2.05) is 0 Å². The van der Waals surface area contributed by atoms with E-state index in [0.29, 0.717) is 0 Å². The van der Waals surface area contributed by atoms with Gasteiger partial charge < -0.3 is 4.74 Å². The van der Waals surface area contributed by atoms with Crippen LogP contribution in [0.15, 0.2) is 12.1 Å². The molecule has 0 aromatic heterocycles. The van der Waals surface area contributed by atoms with Crippen LogP contribution >= 0.6 is 34.8 Å². The van der Waals surface area contributed by atoms with Crippen LogP contribution in [0.1, 0.15) is 0 Å². The summed E-state index contributed by atoms with van der Waals surface area (Å²) in [6.45, 7) is -0.368. The molecule has 6 heteroatoms. The predicted octanol–water partition coefficient (Wildman–Crippen LogP) is 3.28. The Kier molecular flexibility index (Phi) is 3.98. The van der Waals surface area contributed by atoms with Crippen molar-refractivity contribution in [1.82, 2.24) is 0 Å². The molecule has 1 aromatic rings. The molecule has 14 heavy (non-hydrogen) atoms. The van der Waals surface area contributed by atoms with Crippen LogP contribution in [0.4, 0.5) is 4.39 Å². The van der Waals surface area contributed by atoms with Gasteiger partial charge in [-0.3, -0.25) is 4.79 Å². The third-order valence-corrected chi connectivity index (χ3v) is 1.96. The van der Waals surface area contributed by atoms with E-state index < -0.39 is 11.1 Å². The number of hydrogen-bond acceptors (Lipinski definition) is 2. The molecule has 0 spiro atoms. The molecular formula is C8H4Cl3FO2. The van der Waals surface area contributed by atoms with Gasteiger partial charge in [-0.1, -0.05) is 23.2 Å². The first kappa shape index (κ1) is 11.6. The zero-order valence-electron chi connectivity index (χ0n) is 6.69. The van der Waals surface area contributed by atoms with E-state index in [0.717, 1.165) is 12.1 Å². The average molecular weight is 257 g/mol. The standard InChI is InChI=1S/C8H4Cl3FO2/c9-5-1-4(12)2-6(10)8(5)14-3-7(11)13/h1-2H,3H2. The summed E-state index contributed by atoms with van der Waals surface area (Å²) in [4.78, 5) is 10.4. The Morgan fingerprint density at radius 2 is 1.86 bits per heavy atom. The van der Waals surface area contributed by atoms with Crippen LogP contribution in [0.25, 0.3) is 0 Å². The van der Waals surface area contributed by atoms with Crippen molar-refractivity contribution in [3.8, 4) is 5.75 Å². The lowest BCUT2D eigenvalue weighted by Crippen LogP contribution is -2.05. The Morgan fingerprint density at radius 3 is 2.29 bits per heavy atom. The van der Waals surface area contributed by atoms with Gasteiger partial charge in [0, 0.05) is 0 Å². The second-order valence-electron chi connectivity index (χ2n) is 2.34. The Balaban J connectivity index is 2.91. The maximum absolute atomic E-state index is 12.7. The summed E-state index contributed by atoms with van der Waals surface area (Å²) in [5.41, 5.74) is 0. The van der Waals surface area contributed by atoms with Crippen molar-refractivity contribution < 1.29 is 13.9 Å². The van der Waals surface area contributed by atoms with Crippen molar-refractivity contribution in [2.24, 2.45) is 0 Å². The number of ether oxygens (including phenoxy) is 1. The lowest BCUT2D eigenvalue weighted by atomic mass is 10.3. The van der Waals surface area contributed by atoms with Gasteiger partial charge in [0.2, 0.25) is 0 Å². The number of benzene rings is 1. The fraction of sp³-hybridized carbons (Fsp3) is 0.125. The Morgan fingerprint density at radius 1 is 1.36 bits per heavy atom. The average Bonchev–Trinajstić information content (AvgIpc) is 2.01. The van der Waals surface area contributed by atoms with Gasteiger partial charge in [-0.25, -0.2) is 4.39 Å². The van der Waals surface area contributed by atoms with E-state index in [-0.39, 0.29) is 22.4 Å². The van der Waals surface area contributed by atoms with Gasteiger partial charge in [-0.05, 0) is 23.7 Å². The van der Waals surface area contributed by atoms with E-state index in [9.17, 15) is 9.18 Å². The van der Waals surface area contributed by atoms with E-state index in [1.54, 1.807) is 0 Å². The van der Waals surface area contributed by atoms with Crippen LogP contribution in [0.3, 0.4) is 0 Å². The maximum atomic E-state index is 12.7. The lowest BCUT2D eigenvalue weighted by molar-refractivity contribution is -0.113. The highest BCUT2D eigenvalue weighted by atomic mass is 35.5. The van der Waals surface area contributed by atoms with E-state index in [4.69, 9.17) is 39.5 Å². The molecule has 0 amide bonds. The number of hydrogen-bond donors (Lipinski definition) is 0. The maximum Gasteiger partial charge on any atom is 0.259 e. The van der Waals surface area contributed by atoms with E-state index in [1.165, 1.54) is 0 Å². The third kappa shape index (κ3) is 3.01. The smallest absolute Gasteiger partial charge is 0.259 e. The largest absolute Gasteiger partial charge is 0.481 e. The van der Waals surface area contributed by atoms with Crippen LogP contribution < -0.4 is 4.74 Å². The van der Waals surface area contributed by atoms with Gasteiger partial charge in [-0.2, -0.15) is 0 Å². The summed E-state index contributed by atoms with van der Waals surface area (Å²) in [7, 11) is 0. The highest BCUT2D eigenvalue weighted by molar-refractivity contribution is 6.63. The molecule has 0 atom stereocenters. The van der Waals surface area contributed by atoms with Crippen molar-refractivity contribution in [1.29, 1.82) is 0 Å². The van der Waals surface area contributed by atoms with Crippen LogP contribution in [0.2, 0.25) is 10.0 Å².